The molecule has 1 aliphatic heterocycles. The average Bonchev–Trinajstić information content (AvgIpc) is 3.56. The van der Waals surface area contributed by atoms with Crippen LogP contribution in [0.1, 0.15) is 45.0 Å². The Labute approximate surface area is 173 Å². The number of nitrogens with two attached hydrogens (primary N) is 2. The van der Waals surface area contributed by atoms with Gasteiger partial charge < -0.3 is 8.83 Å². The summed E-state index contributed by atoms with van der Waals surface area (Å²) in [6, 6.07) is 6.32. The third kappa shape index (κ3) is 3.67. The zero-order valence-electron chi connectivity index (χ0n) is 15.9. The van der Waals surface area contributed by atoms with E-state index in [1.807, 2.05) is 10.9 Å². The van der Waals surface area contributed by atoms with Crippen molar-refractivity contribution < 1.29 is 23.2 Å². The summed E-state index contributed by atoms with van der Waals surface area (Å²) < 4.78 is 11.8. The van der Waals surface area contributed by atoms with Gasteiger partial charge in [0.15, 0.2) is 11.4 Å². The van der Waals surface area contributed by atoms with Gasteiger partial charge in [0.2, 0.25) is 0 Å². The fourth-order valence-electron chi connectivity index (χ4n) is 3.17. The van der Waals surface area contributed by atoms with Crippen molar-refractivity contribution >= 4 is 23.4 Å². The van der Waals surface area contributed by atoms with E-state index >= 15 is 0 Å². The van der Waals surface area contributed by atoms with Gasteiger partial charge in [0.1, 0.15) is 29.8 Å². The molecular weight excluding hydrogens is 410 g/mol. The van der Waals surface area contributed by atoms with Crippen LogP contribution in [-0.2, 0) is 11.3 Å². The van der Waals surface area contributed by atoms with Crippen LogP contribution in [0.4, 0.5) is 0 Å². The quantitative estimate of drug-likeness (QED) is 0.217. The molecule has 6 N–H and O–H groups in total. The van der Waals surface area contributed by atoms with Crippen LogP contribution in [0.3, 0.4) is 0 Å². The van der Waals surface area contributed by atoms with Gasteiger partial charge in [0.25, 0.3) is 17.7 Å². The van der Waals surface area contributed by atoms with E-state index in [1.54, 1.807) is 24.3 Å². The van der Waals surface area contributed by atoms with Crippen LogP contribution < -0.4 is 22.5 Å². The van der Waals surface area contributed by atoms with Crippen molar-refractivity contribution in [2.24, 2.45) is 16.8 Å². The monoisotopic (exact) mass is 427 g/mol. The zero-order chi connectivity index (χ0) is 22.0. The molecular formula is C17H17N9O5. The van der Waals surface area contributed by atoms with E-state index in [0.29, 0.717) is 23.7 Å². The summed E-state index contributed by atoms with van der Waals surface area (Å²) in [5.74, 6) is 9.03. The Kier molecular flexibility index (Phi) is 5.30. The number of carbonyl (C=O) groups is 3. The normalized spacial score (nSPS) is 15.6. The molecule has 0 saturated heterocycles. The molecule has 1 atom stereocenters. The van der Waals surface area contributed by atoms with E-state index in [9.17, 15) is 14.4 Å². The number of aromatic nitrogens is 3. The maximum absolute atomic E-state index is 13.1. The van der Waals surface area contributed by atoms with Gasteiger partial charge >= 0.3 is 0 Å². The topological polar surface area (TPSA) is 200 Å². The fourth-order valence-corrected chi connectivity index (χ4v) is 3.17. The van der Waals surface area contributed by atoms with Gasteiger partial charge in [-0.3, -0.25) is 25.2 Å². The van der Waals surface area contributed by atoms with Crippen LogP contribution in [0.25, 0.3) is 0 Å². The Morgan fingerprint density at radius 3 is 2.48 bits per heavy atom. The third-order valence-electron chi connectivity index (χ3n) is 4.56. The van der Waals surface area contributed by atoms with E-state index < -0.39 is 30.3 Å². The third-order valence-corrected chi connectivity index (χ3v) is 4.56. The van der Waals surface area contributed by atoms with Crippen molar-refractivity contribution in [1.29, 1.82) is 0 Å². The van der Waals surface area contributed by atoms with E-state index in [2.05, 4.69) is 15.4 Å². The van der Waals surface area contributed by atoms with Crippen LogP contribution in [0, 0.1) is 0 Å². The smallest absolute Gasteiger partial charge is 0.288 e. The molecule has 0 spiro atoms. The lowest BCUT2D eigenvalue weighted by atomic mass is 10.1. The van der Waals surface area contributed by atoms with Crippen LogP contribution >= 0.6 is 0 Å². The molecule has 14 heteroatoms. The highest BCUT2D eigenvalue weighted by Gasteiger charge is 2.36. The Morgan fingerprint density at radius 2 is 1.84 bits per heavy atom. The number of nitrogens with one attached hydrogen (secondary N) is 2. The molecule has 0 aliphatic carbocycles. The van der Waals surface area contributed by atoms with Gasteiger partial charge in [0, 0.05) is 6.42 Å². The Hall–Kier alpha value is -4.30. The second-order valence-corrected chi connectivity index (χ2v) is 6.39. The summed E-state index contributed by atoms with van der Waals surface area (Å²) in [5, 5.41) is 12.9. The zero-order valence-corrected chi connectivity index (χ0v) is 15.9. The maximum Gasteiger partial charge on any atom is 0.288 e. The Morgan fingerprint density at radius 1 is 1.10 bits per heavy atom. The molecule has 0 radical (unpaired) electrons. The molecule has 3 aromatic heterocycles. The minimum absolute atomic E-state index is 0.331. The lowest BCUT2D eigenvalue weighted by Gasteiger charge is -2.20. The first-order chi connectivity index (χ1) is 15.0. The fraction of sp³-hybridized carbons (Fsp3) is 0.176. The molecule has 160 valence electrons. The molecule has 0 aromatic carbocycles. The van der Waals surface area contributed by atoms with E-state index in [-0.39, 0.29) is 11.4 Å². The number of hydrazone groups is 1. The van der Waals surface area contributed by atoms with E-state index in [4.69, 9.17) is 20.5 Å². The van der Waals surface area contributed by atoms with Crippen molar-refractivity contribution in [3.63, 3.8) is 0 Å². The highest BCUT2D eigenvalue weighted by molar-refractivity contribution is 6.04. The number of hydrazine groups is 2. The second-order valence-electron chi connectivity index (χ2n) is 6.39. The van der Waals surface area contributed by atoms with Gasteiger partial charge in [0.05, 0.1) is 12.5 Å². The summed E-state index contributed by atoms with van der Waals surface area (Å²) in [7, 11) is 0. The average molecular weight is 427 g/mol. The summed E-state index contributed by atoms with van der Waals surface area (Å²) in [6.45, 7) is -0.459. The summed E-state index contributed by atoms with van der Waals surface area (Å²) in [4.78, 5) is 37.2. The van der Waals surface area contributed by atoms with E-state index in [1.165, 1.54) is 17.5 Å². The van der Waals surface area contributed by atoms with Crippen LogP contribution in [0.15, 0.2) is 50.7 Å². The molecule has 1 aliphatic rings. The predicted octanol–water partition coefficient (Wildman–Crippen LogP) is -0.951. The van der Waals surface area contributed by atoms with Gasteiger partial charge in [-0.1, -0.05) is 5.21 Å². The molecule has 0 saturated carbocycles. The molecule has 3 amide bonds. The molecule has 0 bridgehead atoms. The van der Waals surface area contributed by atoms with Crippen molar-refractivity contribution in [3.8, 4) is 0 Å². The van der Waals surface area contributed by atoms with Gasteiger partial charge in [-0.05, 0) is 24.3 Å². The van der Waals surface area contributed by atoms with Gasteiger partial charge in [-0.15, -0.1) is 5.10 Å². The van der Waals surface area contributed by atoms with Gasteiger partial charge in [-0.2, -0.15) is 5.10 Å². The summed E-state index contributed by atoms with van der Waals surface area (Å²) in [5.41, 5.74) is 3.57. The Balaban J connectivity index is 1.65. The molecule has 0 fully saturated rings. The molecule has 4 heterocycles. The second kappa shape index (κ2) is 8.21. The molecule has 3 aromatic rings. The van der Waals surface area contributed by atoms with Crippen molar-refractivity contribution in [3.05, 3.63) is 59.7 Å². The molecule has 1 unspecified atom stereocenters. The van der Waals surface area contributed by atoms with Crippen LogP contribution in [0.2, 0.25) is 0 Å². The highest BCUT2D eigenvalue weighted by Crippen LogP contribution is 2.33. The van der Waals surface area contributed by atoms with Crippen molar-refractivity contribution in [1.82, 2.24) is 30.9 Å². The number of rotatable bonds is 6. The first-order valence-electron chi connectivity index (χ1n) is 8.95. The first kappa shape index (κ1) is 20.0. The summed E-state index contributed by atoms with van der Waals surface area (Å²) in [6.07, 6.45) is 3.34. The minimum Gasteiger partial charge on any atom is -0.467 e. The standard InChI is InChI=1S/C17H17N9O5/c18-20-16(28)14-15(17(29)21-19)25(24-22-14)8-13(27)26-10(12-4-2-6-31-12)7-9(23-26)11-3-1-5-30-11/h1-6,10H,7-8,18-19H2,(H,20,28)(H,21,29). The minimum atomic E-state index is -0.875. The largest absolute Gasteiger partial charge is 0.467 e. The lowest BCUT2D eigenvalue weighted by Crippen LogP contribution is -2.38. The number of carbonyl (C=O) groups excluding carboxylic acids is 3. The van der Waals surface area contributed by atoms with Crippen LogP contribution in [0.5, 0.6) is 0 Å². The van der Waals surface area contributed by atoms with Crippen molar-refractivity contribution in [2.75, 3.05) is 0 Å². The number of hydrogen-bond donors (Lipinski definition) is 4. The number of nitrogen functional groups attached to an aromatic ring is 2. The maximum atomic E-state index is 13.1. The summed E-state index contributed by atoms with van der Waals surface area (Å²) >= 11 is 0. The molecule has 4 rings (SSSR count). The molecule has 31 heavy (non-hydrogen) atoms. The van der Waals surface area contributed by atoms with Gasteiger partial charge in [-0.25, -0.2) is 21.4 Å². The number of nitrogens with zero attached hydrogens (tertiary/aromatic N) is 5. The van der Waals surface area contributed by atoms with E-state index in [0.717, 1.165) is 4.68 Å². The molecule has 14 nitrogen and oxygen atoms in total. The SMILES string of the molecule is NNC(=O)c1nnn(CC(=O)N2N=C(c3ccco3)CC2c2ccco2)c1C(=O)NN. The number of amides is 3. The number of hydrogen-bond acceptors (Lipinski definition) is 10. The first-order valence-corrected chi connectivity index (χ1v) is 8.95. The lowest BCUT2D eigenvalue weighted by molar-refractivity contribution is -0.134. The highest BCUT2D eigenvalue weighted by atomic mass is 16.3. The predicted molar refractivity (Wildman–Crippen MR) is 101 cm³/mol. The van der Waals surface area contributed by atoms with Crippen molar-refractivity contribution in [2.45, 2.75) is 19.0 Å². The van der Waals surface area contributed by atoms with Crippen LogP contribution in [-0.4, -0.2) is 43.4 Å². The Bertz CT molecular complexity index is 1130. The number of furan rings is 2.